The third-order valence-corrected chi connectivity index (χ3v) is 2.98. The van der Waals surface area contributed by atoms with Gasteiger partial charge in [-0.2, -0.15) is 0 Å². The van der Waals surface area contributed by atoms with Crippen LogP contribution in [0.2, 0.25) is 0 Å². The lowest BCUT2D eigenvalue weighted by atomic mass is 10.1. The number of ketones is 1. The molecular formula is C18H16O3. The molecule has 0 saturated carbocycles. The van der Waals surface area contributed by atoms with Crippen LogP contribution in [0.15, 0.2) is 60.7 Å². The van der Waals surface area contributed by atoms with Crippen LogP contribution in [0.25, 0.3) is 11.8 Å². The monoisotopic (exact) mass is 280 g/mol. The molecule has 0 heterocycles. The van der Waals surface area contributed by atoms with Crippen molar-refractivity contribution in [2.75, 3.05) is 0 Å². The number of aromatic hydroxyl groups is 1. The van der Waals surface area contributed by atoms with E-state index in [1.165, 1.54) is 18.2 Å². The Hall–Kier alpha value is -2.81. The minimum absolute atomic E-state index is 0.0680. The van der Waals surface area contributed by atoms with Crippen LogP contribution in [-0.4, -0.2) is 16.0 Å². The third-order valence-electron chi connectivity index (χ3n) is 2.98. The van der Waals surface area contributed by atoms with Crippen LogP contribution in [0.5, 0.6) is 5.75 Å². The number of carbonyl (C=O) groups is 1. The molecule has 0 aromatic heterocycles. The quantitative estimate of drug-likeness (QED) is 0.660. The first-order valence-electron chi connectivity index (χ1n) is 6.54. The number of aryl methyl sites for hydroxylation is 1. The molecule has 0 bridgehead atoms. The SMILES string of the molecule is Cc1ccc(/C=C/C(=O)/C=C(\O)c2ccccc2O)cc1. The van der Waals surface area contributed by atoms with Crippen LogP contribution in [0, 0.1) is 6.92 Å². The van der Waals surface area contributed by atoms with Gasteiger partial charge >= 0.3 is 0 Å². The Morgan fingerprint density at radius 3 is 2.38 bits per heavy atom. The molecule has 2 N–H and O–H groups in total. The molecule has 0 atom stereocenters. The van der Waals surface area contributed by atoms with E-state index in [9.17, 15) is 15.0 Å². The molecular weight excluding hydrogens is 264 g/mol. The van der Waals surface area contributed by atoms with Gasteiger partial charge in [0.05, 0.1) is 5.56 Å². The number of hydrogen-bond acceptors (Lipinski definition) is 3. The fraction of sp³-hybridized carbons (Fsp3) is 0.0556. The van der Waals surface area contributed by atoms with Crippen molar-refractivity contribution in [3.8, 4) is 5.75 Å². The van der Waals surface area contributed by atoms with Crippen molar-refractivity contribution in [3.63, 3.8) is 0 Å². The highest BCUT2D eigenvalue weighted by molar-refractivity contribution is 6.05. The first-order valence-corrected chi connectivity index (χ1v) is 6.54. The molecule has 3 heteroatoms. The molecule has 0 saturated heterocycles. The summed E-state index contributed by atoms with van der Waals surface area (Å²) in [5, 5.41) is 19.4. The lowest BCUT2D eigenvalue weighted by Crippen LogP contribution is -1.91. The molecule has 0 aliphatic carbocycles. The minimum atomic E-state index is -0.351. The van der Waals surface area contributed by atoms with Crippen LogP contribution >= 0.6 is 0 Å². The van der Waals surface area contributed by atoms with E-state index in [0.717, 1.165) is 17.2 Å². The van der Waals surface area contributed by atoms with Crippen molar-refractivity contribution in [2.24, 2.45) is 0 Å². The summed E-state index contributed by atoms with van der Waals surface area (Å²) in [6.07, 6.45) is 4.14. The zero-order valence-electron chi connectivity index (χ0n) is 11.7. The molecule has 0 radical (unpaired) electrons. The van der Waals surface area contributed by atoms with Gasteiger partial charge in [0.2, 0.25) is 0 Å². The number of phenolic OH excluding ortho intramolecular Hbond substituents is 1. The number of aliphatic hydroxyl groups is 1. The highest BCUT2D eigenvalue weighted by atomic mass is 16.3. The van der Waals surface area contributed by atoms with E-state index in [-0.39, 0.29) is 22.9 Å². The van der Waals surface area contributed by atoms with Gasteiger partial charge in [0.15, 0.2) is 5.78 Å². The van der Waals surface area contributed by atoms with E-state index in [0.29, 0.717) is 0 Å². The number of benzene rings is 2. The molecule has 0 fully saturated rings. The van der Waals surface area contributed by atoms with Crippen LogP contribution in [0.3, 0.4) is 0 Å². The second-order valence-electron chi connectivity index (χ2n) is 4.69. The summed E-state index contributed by atoms with van der Waals surface area (Å²) in [5.41, 5.74) is 2.29. The Morgan fingerprint density at radius 1 is 1.05 bits per heavy atom. The number of hydrogen-bond donors (Lipinski definition) is 2. The average molecular weight is 280 g/mol. The summed E-state index contributed by atoms with van der Waals surface area (Å²) < 4.78 is 0. The molecule has 3 nitrogen and oxygen atoms in total. The third kappa shape index (κ3) is 4.08. The second-order valence-corrected chi connectivity index (χ2v) is 4.69. The smallest absolute Gasteiger partial charge is 0.182 e. The zero-order chi connectivity index (χ0) is 15.2. The van der Waals surface area contributed by atoms with E-state index in [1.807, 2.05) is 31.2 Å². The maximum atomic E-state index is 11.8. The maximum absolute atomic E-state index is 11.8. The topological polar surface area (TPSA) is 57.5 Å². The number of rotatable bonds is 4. The summed E-state index contributed by atoms with van der Waals surface area (Å²) in [4.78, 5) is 11.8. The van der Waals surface area contributed by atoms with E-state index >= 15 is 0 Å². The van der Waals surface area contributed by atoms with Crippen molar-refractivity contribution in [1.29, 1.82) is 0 Å². The summed E-state index contributed by atoms with van der Waals surface area (Å²) in [7, 11) is 0. The summed E-state index contributed by atoms with van der Waals surface area (Å²) >= 11 is 0. The van der Waals surface area contributed by atoms with Crippen molar-refractivity contribution < 1.29 is 15.0 Å². The van der Waals surface area contributed by atoms with Gasteiger partial charge in [-0.1, -0.05) is 48.0 Å². The maximum Gasteiger partial charge on any atom is 0.182 e. The Labute approximate surface area is 123 Å². The lowest BCUT2D eigenvalue weighted by Gasteiger charge is -2.01. The summed E-state index contributed by atoms with van der Waals surface area (Å²) in [6.45, 7) is 1.99. The number of aliphatic hydroxyl groups excluding tert-OH is 1. The fourth-order valence-corrected chi connectivity index (χ4v) is 1.81. The Morgan fingerprint density at radius 2 is 1.71 bits per heavy atom. The van der Waals surface area contributed by atoms with Gasteiger partial charge in [0.25, 0.3) is 0 Å². The van der Waals surface area contributed by atoms with Gasteiger partial charge in [-0.15, -0.1) is 0 Å². The molecule has 0 aliphatic rings. The standard InChI is InChI=1S/C18H16O3/c1-13-6-8-14(9-7-13)10-11-15(19)12-18(21)16-4-2-3-5-17(16)20/h2-12,20-21H,1H3/b11-10+,18-12-. The molecule has 106 valence electrons. The van der Waals surface area contributed by atoms with E-state index in [2.05, 4.69) is 0 Å². The number of carbonyl (C=O) groups excluding carboxylic acids is 1. The second kappa shape index (κ2) is 6.57. The molecule has 2 aromatic carbocycles. The highest BCUT2D eigenvalue weighted by Crippen LogP contribution is 2.22. The number of para-hydroxylation sites is 1. The van der Waals surface area contributed by atoms with Gasteiger partial charge < -0.3 is 10.2 Å². The molecule has 2 aromatic rings. The number of allylic oxidation sites excluding steroid dienone is 2. The van der Waals surface area contributed by atoms with Crippen LogP contribution < -0.4 is 0 Å². The first-order chi connectivity index (χ1) is 10.1. The molecule has 2 rings (SSSR count). The first kappa shape index (κ1) is 14.6. The van der Waals surface area contributed by atoms with Crippen molar-refractivity contribution in [3.05, 3.63) is 77.4 Å². The van der Waals surface area contributed by atoms with Crippen molar-refractivity contribution in [2.45, 2.75) is 6.92 Å². The van der Waals surface area contributed by atoms with Crippen molar-refractivity contribution >= 4 is 17.6 Å². The van der Waals surface area contributed by atoms with Gasteiger partial charge in [0.1, 0.15) is 11.5 Å². The predicted octanol–water partition coefficient (Wildman–Crippen LogP) is 3.88. The minimum Gasteiger partial charge on any atom is -0.507 e. The van der Waals surface area contributed by atoms with Crippen molar-refractivity contribution in [1.82, 2.24) is 0 Å². The largest absolute Gasteiger partial charge is 0.507 e. The lowest BCUT2D eigenvalue weighted by molar-refractivity contribution is -0.110. The Bertz CT molecular complexity index is 695. The van der Waals surface area contributed by atoms with Crippen LogP contribution in [-0.2, 0) is 4.79 Å². The van der Waals surface area contributed by atoms with Gasteiger partial charge in [-0.3, -0.25) is 4.79 Å². The fourth-order valence-electron chi connectivity index (χ4n) is 1.81. The van der Waals surface area contributed by atoms with Gasteiger partial charge in [-0.05, 0) is 30.7 Å². The summed E-state index contributed by atoms with van der Waals surface area (Å²) in [5.74, 6) is -0.676. The van der Waals surface area contributed by atoms with Gasteiger partial charge in [-0.25, -0.2) is 0 Å². The average Bonchev–Trinajstić information content (AvgIpc) is 2.47. The predicted molar refractivity (Wildman–Crippen MR) is 83.9 cm³/mol. The van der Waals surface area contributed by atoms with Gasteiger partial charge in [0, 0.05) is 6.08 Å². The van der Waals surface area contributed by atoms with E-state index in [1.54, 1.807) is 18.2 Å². The molecule has 0 unspecified atom stereocenters. The Balaban J connectivity index is 2.12. The molecule has 21 heavy (non-hydrogen) atoms. The number of phenols is 1. The van der Waals surface area contributed by atoms with Crippen LogP contribution in [0.4, 0.5) is 0 Å². The van der Waals surface area contributed by atoms with Crippen LogP contribution in [0.1, 0.15) is 16.7 Å². The zero-order valence-corrected chi connectivity index (χ0v) is 11.7. The normalized spacial score (nSPS) is 11.8. The molecule has 0 aliphatic heterocycles. The summed E-state index contributed by atoms with van der Waals surface area (Å²) in [6, 6.07) is 14.0. The molecule has 0 spiro atoms. The molecule has 0 amide bonds. The van der Waals surface area contributed by atoms with E-state index < -0.39 is 0 Å². The van der Waals surface area contributed by atoms with E-state index in [4.69, 9.17) is 0 Å². The highest BCUT2D eigenvalue weighted by Gasteiger charge is 2.05. The Kier molecular flexibility index (Phi) is 4.57.